The standard InChI is InChI=1S/C15H18N2O2S/c1-4-19-15-6-5-12(11(2)18)7-13(15)10-20-14-8-16-17(3)9-14/h5-9H,4,10H2,1-3H3. The van der Waals surface area contributed by atoms with Crippen LogP contribution in [0.3, 0.4) is 0 Å². The topological polar surface area (TPSA) is 44.1 Å². The summed E-state index contributed by atoms with van der Waals surface area (Å²) in [6.45, 7) is 4.15. The first kappa shape index (κ1) is 14.7. The maximum absolute atomic E-state index is 11.5. The van der Waals surface area contributed by atoms with E-state index in [1.807, 2.05) is 44.6 Å². The number of ether oxygens (including phenoxy) is 1. The number of carbonyl (C=O) groups excluding carboxylic acids is 1. The van der Waals surface area contributed by atoms with Crippen LogP contribution in [0.1, 0.15) is 29.8 Å². The molecule has 20 heavy (non-hydrogen) atoms. The summed E-state index contributed by atoms with van der Waals surface area (Å²) in [5.41, 5.74) is 1.75. The van der Waals surface area contributed by atoms with Gasteiger partial charge >= 0.3 is 0 Å². The van der Waals surface area contributed by atoms with Crippen molar-refractivity contribution in [2.24, 2.45) is 7.05 Å². The van der Waals surface area contributed by atoms with Crippen LogP contribution >= 0.6 is 11.8 Å². The van der Waals surface area contributed by atoms with Gasteiger partial charge in [-0.2, -0.15) is 5.10 Å². The Morgan fingerprint density at radius 1 is 1.45 bits per heavy atom. The average Bonchev–Trinajstić information content (AvgIpc) is 2.83. The maximum atomic E-state index is 11.5. The van der Waals surface area contributed by atoms with Gasteiger partial charge in [0.25, 0.3) is 0 Å². The van der Waals surface area contributed by atoms with Gasteiger partial charge in [0.2, 0.25) is 0 Å². The minimum absolute atomic E-state index is 0.0701. The summed E-state index contributed by atoms with van der Waals surface area (Å²) >= 11 is 1.68. The van der Waals surface area contributed by atoms with Crippen LogP contribution in [-0.2, 0) is 12.8 Å². The van der Waals surface area contributed by atoms with E-state index in [1.165, 1.54) is 0 Å². The van der Waals surface area contributed by atoms with Crippen LogP contribution in [0.2, 0.25) is 0 Å². The van der Waals surface area contributed by atoms with Gasteiger partial charge in [-0.1, -0.05) is 0 Å². The Morgan fingerprint density at radius 2 is 2.25 bits per heavy atom. The van der Waals surface area contributed by atoms with Crippen LogP contribution in [0.4, 0.5) is 0 Å². The van der Waals surface area contributed by atoms with Crippen molar-refractivity contribution in [2.75, 3.05) is 6.61 Å². The van der Waals surface area contributed by atoms with Crippen molar-refractivity contribution in [3.05, 3.63) is 41.7 Å². The van der Waals surface area contributed by atoms with Crippen molar-refractivity contribution in [1.82, 2.24) is 9.78 Å². The highest BCUT2D eigenvalue weighted by atomic mass is 32.2. The first-order valence-corrected chi connectivity index (χ1v) is 7.46. The van der Waals surface area contributed by atoms with Crippen molar-refractivity contribution in [3.8, 4) is 5.75 Å². The molecule has 4 nitrogen and oxygen atoms in total. The number of hydrogen-bond acceptors (Lipinski definition) is 4. The van der Waals surface area contributed by atoms with Gasteiger partial charge in [0.05, 0.1) is 12.8 Å². The quantitative estimate of drug-likeness (QED) is 0.605. The van der Waals surface area contributed by atoms with Crippen molar-refractivity contribution in [3.63, 3.8) is 0 Å². The van der Waals surface area contributed by atoms with Crippen molar-refractivity contribution < 1.29 is 9.53 Å². The van der Waals surface area contributed by atoms with Crippen molar-refractivity contribution in [2.45, 2.75) is 24.5 Å². The minimum atomic E-state index is 0.0701. The SMILES string of the molecule is CCOc1ccc(C(C)=O)cc1CSc1cnn(C)c1. The third-order valence-corrected chi connectivity index (χ3v) is 3.84. The highest BCUT2D eigenvalue weighted by Gasteiger charge is 2.09. The van der Waals surface area contributed by atoms with Gasteiger partial charge in [0.15, 0.2) is 5.78 Å². The molecule has 1 aromatic carbocycles. The lowest BCUT2D eigenvalue weighted by atomic mass is 10.1. The van der Waals surface area contributed by atoms with Crippen LogP contribution in [-0.4, -0.2) is 22.2 Å². The highest BCUT2D eigenvalue weighted by Crippen LogP contribution is 2.28. The molecule has 2 rings (SSSR count). The summed E-state index contributed by atoms with van der Waals surface area (Å²) in [7, 11) is 1.89. The molecule has 1 heterocycles. The smallest absolute Gasteiger partial charge is 0.159 e. The van der Waals surface area contributed by atoms with Crippen LogP contribution in [0.5, 0.6) is 5.75 Å². The monoisotopic (exact) mass is 290 g/mol. The number of aryl methyl sites for hydroxylation is 1. The lowest BCUT2D eigenvalue weighted by Crippen LogP contribution is -1.99. The highest BCUT2D eigenvalue weighted by molar-refractivity contribution is 7.98. The molecule has 0 bridgehead atoms. The van der Waals surface area contributed by atoms with E-state index in [9.17, 15) is 4.79 Å². The third kappa shape index (κ3) is 3.63. The molecular formula is C15H18N2O2S. The minimum Gasteiger partial charge on any atom is -0.494 e. The summed E-state index contributed by atoms with van der Waals surface area (Å²) in [4.78, 5) is 12.6. The molecule has 0 aliphatic rings. The van der Waals surface area contributed by atoms with E-state index in [4.69, 9.17) is 4.74 Å². The van der Waals surface area contributed by atoms with Crippen LogP contribution in [0.15, 0.2) is 35.5 Å². The Kier molecular flexibility index (Phi) is 4.84. The zero-order valence-electron chi connectivity index (χ0n) is 11.9. The maximum Gasteiger partial charge on any atom is 0.159 e. The molecule has 1 aromatic heterocycles. The second kappa shape index (κ2) is 6.61. The fourth-order valence-electron chi connectivity index (χ4n) is 1.84. The Hall–Kier alpha value is -1.75. The van der Waals surface area contributed by atoms with E-state index in [2.05, 4.69) is 5.10 Å². The van der Waals surface area contributed by atoms with E-state index in [0.717, 1.165) is 27.5 Å². The predicted molar refractivity (Wildman–Crippen MR) is 80.4 cm³/mol. The Balaban J connectivity index is 2.18. The van der Waals surface area contributed by atoms with Crippen molar-refractivity contribution in [1.29, 1.82) is 0 Å². The number of ketones is 1. The Morgan fingerprint density at radius 3 is 2.85 bits per heavy atom. The van der Waals surface area contributed by atoms with E-state index >= 15 is 0 Å². The van der Waals surface area contributed by atoms with Gasteiger partial charge < -0.3 is 4.74 Å². The summed E-state index contributed by atoms with van der Waals surface area (Å²) in [6.07, 6.45) is 3.81. The predicted octanol–water partition coefficient (Wildman–Crippen LogP) is 3.31. The Labute approximate surface area is 123 Å². The van der Waals surface area contributed by atoms with Gasteiger partial charge in [-0.05, 0) is 32.0 Å². The molecular weight excluding hydrogens is 272 g/mol. The average molecular weight is 290 g/mol. The number of thioether (sulfide) groups is 1. The zero-order chi connectivity index (χ0) is 14.5. The van der Waals surface area contributed by atoms with Gasteiger partial charge in [-0.3, -0.25) is 9.48 Å². The number of hydrogen-bond donors (Lipinski definition) is 0. The van der Waals surface area contributed by atoms with Gasteiger partial charge in [-0.15, -0.1) is 11.8 Å². The first-order chi connectivity index (χ1) is 9.60. The molecule has 0 fully saturated rings. The van der Waals surface area contributed by atoms with E-state index in [-0.39, 0.29) is 5.78 Å². The molecule has 0 atom stereocenters. The van der Waals surface area contributed by atoms with E-state index in [0.29, 0.717) is 6.61 Å². The third-order valence-electron chi connectivity index (χ3n) is 2.84. The number of carbonyl (C=O) groups is 1. The lowest BCUT2D eigenvalue weighted by molar-refractivity contribution is 0.101. The summed E-state index contributed by atoms with van der Waals surface area (Å²) < 4.78 is 7.40. The van der Waals surface area contributed by atoms with Crippen LogP contribution in [0.25, 0.3) is 0 Å². The molecule has 0 amide bonds. The normalized spacial score (nSPS) is 10.6. The van der Waals surface area contributed by atoms with Gasteiger partial charge in [0.1, 0.15) is 5.75 Å². The molecule has 0 aliphatic heterocycles. The Bertz CT molecular complexity index is 608. The number of Topliss-reactive ketones (excluding diaryl/α,β-unsaturated/α-hetero) is 1. The van der Waals surface area contributed by atoms with Gasteiger partial charge in [-0.25, -0.2) is 0 Å². The molecule has 0 radical (unpaired) electrons. The first-order valence-electron chi connectivity index (χ1n) is 6.48. The molecule has 106 valence electrons. The van der Waals surface area contributed by atoms with Crippen LogP contribution < -0.4 is 4.74 Å². The summed E-state index contributed by atoms with van der Waals surface area (Å²) in [6, 6.07) is 5.60. The number of benzene rings is 1. The fourth-order valence-corrected chi connectivity index (χ4v) is 2.74. The van der Waals surface area contributed by atoms with E-state index in [1.54, 1.807) is 23.4 Å². The lowest BCUT2D eigenvalue weighted by Gasteiger charge is -2.10. The zero-order valence-corrected chi connectivity index (χ0v) is 12.7. The number of rotatable bonds is 6. The number of aromatic nitrogens is 2. The molecule has 0 saturated heterocycles. The summed E-state index contributed by atoms with van der Waals surface area (Å²) in [5.74, 6) is 1.66. The van der Waals surface area contributed by atoms with Crippen molar-refractivity contribution >= 4 is 17.5 Å². The molecule has 0 unspecified atom stereocenters. The van der Waals surface area contributed by atoms with Crippen LogP contribution in [0, 0.1) is 0 Å². The molecule has 0 spiro atoms. The molecule has 0 saturated carbocycles. The molecule has 5 heteroatoms. The van der Waals surface area contributed by atoms with Gasteiger partial charge in [0, 0.05) is 35.0 Å². The second-order valence-corrected chi connectivity index (χ2v) is 5.50. The number of nitrogens with zero attached hydrogens (tertiary/aromatic N) is 2. The molecule has 2 aromatic rings. The summed E-state index contributed by atoms with van der Waals surface area (Å²) in [5, 5.41) is 4.14. The largest absolute Gasteiger partial charge is 0.494 e. The molecule has 0 aliphatic carbocycles. The second-order valence-electron chi connectivity index (χ2n) is 4.45. The molecule has 0 N–H and O–H groups in total. The van der Waals surface area contributed by atoms with E-state index < -0.39 is 0 Å². The fraction of sp³-hybridized carbons (Fsp3) is 0.333.